The molecule has 1 aromatic rings. The monoisotopic (exact) mass is 242 g/mol. The predicted octanol–water partition coefficient (Wildman–Crippen LogP) is 1.13. The SMILES string of the molecule is CNc1ncc(Cl)c(N(CCO)C2CC2)n1. The third kappa shape index (κ3) is 2.36. The largest absolute Gasteiger partial charge is 0.395 e. The lowest BCUT2D eigenvalue weighted by atomic mass is 10.4. The molecule has 6 heteroatoms. The Morgan fingerprint density at radius 1 is 1.62 bits per heavy atom. The number of hydrogen-bond acceptors (Lipinski definition) is 5. The second-order valence-corrected chi connectivity index (χ2v) is 4.17. The van der Waals surface area contributed by atoms with Gasteiger partial charge >= 0.3 is 0 Å². The first-order valence-electron chi connectivity index (χ1n) is 5.34. The zero-order chi connectivity index (χ0) is 11.5. The fourth-order valence-corrected chi connectivity index (χ4v) is 1.83. The van der Waals surface area contributed by atoms with Gasteiger partial charge in [0.25, 0.3) is 0 Å². The number of nitrogens with zero attached hydrogens (tertiary/aromatic N) is 3. The molecule has 0 bridgehead atoms. The van der Waals surface area contributed by atoms with Gasteiger partial charge in [-0.3, -0.25) is 0 Å². The smallest absolute Gasteiger partial charge is 0.224 e. The lowest BCUT2D eigenvalue weighted by Gasteiger charge is -2.23. The van der Waals surface area contributed by atoms with E-state index in [-0.39, 0.29) is 6.61 Å². The Balaban J connectivity index is 2.27. The maximum absolute atomic E-state index is 9.05. The Kier molecular flexibility index (Phi) is 3.46. The molecule has 0 aliphatic heterocycles. The summed E-state index contributed by atoms with van der Waals surface area (Å²) in [5.41, 5.74) is 0. The van der Waals surface area contributed by atoms with Crippen molar-refractivity contribution in [2.24, 2.45) is 0 Å². The summed E-state index contributed by atoms with van der Waals surface area (Å²) in [5.74, 6) is 1.25. The predicted molar refractivity (Wildman–Crippen MR) is 64.0 cm³/mol. The van der Waals surface area contributed by atoms with Crippen LogP contribution in [0.5, 0.6) is 0 Å². The lowest BCUT2D eigenvalue weighted by molar-refractivity contribution is 0.301. The maximum atomic E-state index is 9.05. The van der Waals surface area contributed by atoms with E-state index in [1.54, 1.807) is 13.2 Å². The number of halogens is 1. The molecule has 0 atom stereocenters. The summed E-state index contributed by atoms with van der Waals surface area (Å²) in [6.45, 7) is 0.663. The van der Waals surface area contributed by atoms with Crippen LogP contribution >= 0.6 is 11.6 Å². The quantitative estimate of drug-likeness (QED) is 0.811. The molecule has 1 aliphatic carbocycles. The Hall–Kier alpha value is -1.07. The van der Waals surface area contributed by atoms with Crippen LogP contribution in [-0.4, -0.2) is 41.3 Å². The highest BCUT2D eigenvalue weighted by molar-refractivity contribution is 6.32. The number of aliphatic hydroxyl groups is 1. The number of nitrogens with one attached hydrogen (secondary N) is 1. The van der Waals surface area contributed by atoms with E-state index in [4.69, 9.17) is 16.7 Å². The first-order chi connectivity index (χ1) is 7.76. The molecular weight excluding hydrogens is 228 g/mol. The summed E-state index contributed by atoms with van der Waals surface area (Å²) in [5, 5.41) is 12.5. The first kappa shape index (κ1) is 11.4. The van der Waals surface area contributed by atoms with E-state index in [1.807, 2.05) is 4.90 Å². The van der Waals surface area contributed by atoms with E-state index >= 15 is 0 Å². The molecule has 1 aliphatic rings. The van der Waals surface area contributed by atoms with Crippen LogP contribution in [0.1, 0.15) is 12.8 Å². The summed E-state index contributed by atoms with van der Waals surface area (Å²) in [6.07, 6.45) is 3.85. The van der Waals surface area contributed by atoms with E-state index < -0.39 is 0 Å². The van der Waals surface area contributed by atoms with Gasteiger partial charge in [-0.05, 0) is 12.8 Å². The first-order valence-corrected chi connectivity index (χ1v) is 5.72. The van der Waals surface area contributed by atoms with Gasteiger partial charge in [0.05, 0.1) is 12.8 Å². The fraction of sp³-hybridized carbons (Fsp3) is 0.600. The maximum Gasteiger partial charge on any atom is 0.224 e. The molecule has 2 rings (SSSR count). The molecular formula is C10H15ClN4O. The molecule has 1 saturated carbocycles. The summed E-state index contributed by atoms with van der Waals surface area (Å²) in [4.78, 5) is 10.4. The third-order valence-electron chi connectivity index (χ3n) is 2.55. The van der Waals surface area contributed by atoms with Gasteiger partial charge in [-0.2, -0.15) is 4.98 Å². The van der Waals surface area contributed by atoms with Crippen molar-refractivity contribution >= 4 is 23.4 Å². The van der Waals surface area contributed by atoms with Gasteiger partial charge in [0.1, 0.15) is 5.02 Å². The molecule has 1 aromatic heterocycles. The van der Waals surface area contributed by atoms with Crippen molar-refractivity contribution in [1.29, 1.82) is 0 Å². The van der Waals surface area contributed by atoms with Crippen molar-refractivity contribution < 1.29 is 5.11 Å². The van der Waals surface area contributed by atoms with Crippen LogP contribution in [0.15, 0.2) is 6.20 Å². The topological polar surface area (TPSA) is 61.3 Å². The Labute approximate surface area is 99.5 Å². The second kappa shape index (κ2) is 4.84. The van der Waals surface area contributed by atoms with Crippen molar-refractivity contribution in [1.82, 2.24) is 9.97 Å². The highest BCUT2D eigenvalue weighted by atomic mass is 35.5. The summed E-state index contributed by atoms with van der Waals surface area (Å²) >= 11 is 6.08. The molecule has 0 spiro atoms. The summed E-state index contributed by atoms with van der Waals surface area (Å²) in [7, 11) is 1.76. The molecule has 88 valence electrons. The summed E-state index contributed by atoms with van der Waals surface area (Å²) in [6, 6.07) is 0.462. The average Bonchev–Trinajstić information content (AvgIpc) is 3.11. The molecule has 1 heterocycles. The normalized spacial score (nSPS) is 14.9. The van der Waals surface area contributed by atoms with Crippen molar-refractivity contribution in [3.8, 4) is 0 Å². The molecule has 0 unspecified atom stereocenters. The van der Waals surface area contributed by atoms with Crippen molar-refractivity contribution in [3.63, 3.8) is 0 Å². The minimum absolute atomic E-state index is 0.103. The molecule has 0 aromatic carbocycles. The second-order valence-electron chi connectivity index (χ2n) is 3.76. The van der Waals surface area contributed by atoms with Gasteiger partial charge < -0.3 is 15.3 Å². The van der Waals surface area contributed by atoms with E-state index in [0.717, 1.165) is 12.8 Å². The molecule has 1 fully saturated rings. The van der Waals surface area contributed by atoms with E-state index in [0.29, 0.717) is 29.4 Å². The number of aromatic nitrogens is 2. The number of hydrogen-bond donors (Lipinski definition) is 2. The molecule has 16 heavy (non-hydrogen) atoms. The Morgan fingerprint density at radius 3 is 2.94 bits per heavy atom. The van der Waals surface area contributed by atoms with Gasteiger partial charge in [0.15, 0.2) is 5.82 Å². The van der Waals surface area contributed by atoms with Crippen LogP contribution in [0.2, 0.25) is 5.02 Å². The van der Waals surface area contributed by atoms with Crippen molar-refractivity contribution in [2.75, 3.05) is 30.4 Å². The van der Waals surface area contributed by atoms with Gasteiger partial charge in [-0.25, -0.2) is 4.98 Å². The average molecular weight is 243 g/mol. The minimum atomic E-state index is 0.103. The van der Waals surface area contributed by atoms with Crippen molar-refractivity contribution in [3.05, 3.63) is 11.2 Å². The molecule has 2 N–H and O–H groups in total. The number of anilines is 2. The number of rotatable bonds is 5. The van der Waals surface area contributed by atoms with E-state index in [1.165, 1.54) is 0 Å². The fourth-order valence-electron chi connectivity index (χ4n) is 1.64. The highest BCUT2D eigenvalue weighted by Crippen LogP contribution is 2.34. The zero-order valence-electron chi connectivity index (χ0n) is 9.15. The highest BCUT2D eigenvalue weighted by Gasteiger charge is 2.31. The lowest BCUT2D eigenvalue weighted by Crippen LogP contribution is -2.30. The van der Waals surface area contributed by atoms with Crippen LogP contribution < -0.4 is 10.2 Å². The van der Waals surface area contributed by atoms with Crippen LogP contribution in [0.25, 0.3) is 0 Å². The van der Waals surface area contributed by atoms with Crippen LogP contribution in [0, 0.1) is 0 Å². The van der Waals surface area contributed by atoms with Gasteiger partial charge in [-0.15, -0.1) is 0 Å². The standard InChI is InChI=1S/C10H15ClN4O/c1-12-10-13-6-8(11)9(14-10)15(4-5-16)7-2-3-7/h6-7,16H,2-5H2,1H3,(H,12,13,14). The van der Waals surface area contributed by atoms with Crippen LogP contribution in [-0.2, 0) is 0 Å². The molecule has 0 radical (unpaired) electrons. The Morgan fingerprint density at radius 2 is 2.38 bits per heavy atom. The molecule has 0 saturated heterocycles. The molecule has 5 nitrogen and oxygen atoms in total. The Bertz CT molecular complexity index is 370. The minimum Gasteiger partial charge on any atom is -0.395 e. The third-order valence-corrected chi connectivity index (χ3v) is 2.82. The van der Waals surface area contributed by atoms with Crippen molar-refractivity contribution in [2.45, 2.75) is 18.9 Å². The van der Waals surface area contributed by atoms with Gasteiger partial charge in [0, 0.05) is 19.6 Å². The zero-order valence-corrected chi connectivity index (χ0v) is 9.91. The number of aliphatic hydroxyl groups excluding tert-OH is 1. The molecule has 0 amide bonds. The summed E-state index contributed by atoms with van der Waals surface area (Å²) < 4.78 is 0. The van der Waals surface area contributed by atoms with Crippen LogP contribution in [0.3, 0.4) is 0 Å². The van der Waals surface area contributed by atoms with Gasteiger partial charge in [0.2, 0.25) is 5.95 Å². The van der Waals surface area contributed by atoms with Crippen LogP contribution in [0.4, 0.5) is 11.8 Å². The van der Waals surface area contributed by atoms with E-state index in [2.05, 4.69) is 15.3 Å². The van der Waals surface area contributed by atoms with Gasteiger partial charge in [-0.1, -0.05) is 11.6 Å². The van der Waals surface area contributed by atoms with E-state index in [9.17, 15) is 0 Å².